The molecule has 1 N–H and O–H groups in total. The predicted octanol–water partition coefficient (Wildman–Crippen LogP) is 2.08. The lowest BCUT2D eigenvalue weighted by atomic mass is 10.1. The number of aliphatic hydroxyl groups excluding tert-OH is 1. The molecule has 0 bridgehead atoms. The average molecular weight is 409 g/mol. The molecular formula is C21H23N5O4. The molecule has 1 aliphatic heterocycles. The van der Waals surface area contributed by atoms with Crippen LogP contribution in [-0.4, -0.2) is 57.7 Å². The maximum atomic E-state index is 13.0. The topological polar surface area (TPSA) is 103 Å². The summed E-state index contributed by atoms with van der Waals surface area (Å²) in [5, 5.41) is 17.5. The number of carbonyl (C=O) groups is 1. The second-order valence-electron chi connectivity index (χ2n) is 7.03. The first-order valence-corrected chi connectivity index (χ1v) is 9.66. The summed E-state index contributed by atoms with van der Waals surface area (Å²) in [6.07, 6.45) is 1.56. The van der Waals surface area contributed by atoms with Gasteiger partial charge in [0.15, 0.2) is 5.82 Å². The van der Waals surface area contributed by atoms with Crippen LogP contribution in [0.25, 0.3) is 11.5 Å². The smallest absolute Gasteiger partial charge is 0.260 e. The van der Waals surface area contributed by atoms with Crippen molar-refractivity contribution in [2.45, 2.75) is 19.5 Å². The van der Waals surface area contributed by atoms with Crippen molar-refractivity contribution in [1.29, 1.82) is 0 Å². The number of nitrogens with zero attached hydrogens (tertiary/aromatic N) is 5. The minimum atomic E-state index is -0.186. The van der Waals surface area contributed by atoms with Crippen LogP contribution in [0.4, 0.5) is 5.82 Å². The minimum absolute atomic E-state index is 0.0422. The lowest BCUT2D eigenvalue weighted by Gasteiger charge is -2.16. The molecule has 0 radical (unpaired) electrons. The highest BCUT2D eigenvalue weighted by atomic mass is 16.5. The molecule has 0 saturated heterocycles. The molecule has 1 amide bonds. The quantitative estimate of drug-likeness (QED) is 0.568. The van der Waals surface area contributed by atoms with Crippen LogP contribution in [0.2, 0.25) is 0 Å². The Morgan fingerprint density at radius 3 is 2.90 bits per heavy atom. The van der Waals surface area contributed by atoms with Crippen molar-refractivity contribution in [3.05, 3.63) is 53.9 Å². The van der Waals surface area contributed by atoms with E-state index in [9.17, 15) is 9.90 Å². The number of rotatable bonds is 8. The first-order valence-electron chi connectivity index (χ1n) is 9.66. The molecule has 3 aromatic rings. The van der Waals surface area contributed by atoms with Crippen LogP contribution in [0.3, 0.4) is 0 Å². The molecule has 2 aromatic heterocycles. The summed E-state index contributed by atoms with van der Waals surface area (Å²) < 4.78 is 12.4. The second-order valence-corrected chi connectivity index (χ2v) is 7.03. The third-order valence-electron chi connectivity index (χ3n) is 4.99. The minimum Gasteiger partial charge on any atom is -0.491 e. The van der Waals surface area contributed by atoms with E-state index in [0.29, 0.717) is 48.4 Å². The molecule has 1 aliphatic rings. The van der Waals surface area contributed by atoms with Crippen LogP contribution in [-0.2, 0) is 11.3 Å². The summed E-state index contributed by atoms with van der Waals surface area (Å²) in [7, 11) is 1.61. The first kappa shape index (κ1) is 20.0. The van der Waals surface area contributed by atoms with E-state index in [1.165, 1.54) is 0 Å². The van der Waals surface area contributed by atoms with E-state index in [1.807, 2.05) is 31.2 Å². The molecular weight excluding hydrogens is 386 g/mol. The van der Waals surface area contributed by atoms with E-state index in [-0.39, 0.29) is 18.6 Å². The molecule has 9 nitrogen and oxygen atoms in total. The molecule has 0 spiro atoms. The van der Waals surface area contributed by atoms with Crippen molar-refractivity contribution >= 4 is 11.7 Å². The molecule has 1 atom stereocenters. The third-order valence-corrected chi connectivity index (χ3v) is 4.99. The Kier molecular flexibility index (Phi) is 5.73. The van der Waals surface area contributed by atoms with E-state index in [0.717, 1.165) is 5.56 Å². The fourth-order valence-electron chi connectivity index (χ4n) is 3.33. The Morgan fingerprint density at radius 1 is 1.23 bits per heavy atom. The van der Waals surface area contributed by atoms with Gasteiger partial charge >= 0.3 is 0 Å². The maximum Gasteiger partial charge on any atom is 0.260 e. The zero-order valence-electron chi connectivity index (χ0n) is 16.9. The van der Waals surface area contributed by atoms with Crippen LogP contribution in [0.15, 0.2) is 42.7 Å². The van der Waals surface area contributed by atoms with Crippen molar-refractivity contribution in [3.63, 3.8) is 0 Å². The Hall–Kier alpha value is -3.30. The standard InChI is InChI=1S/C21H23N5O4/c1-14(12-27)26-13-22-24-20(26)18-4-3-5-19(23-18)25-11-15-6-7-16(30-9-8-29-2)10-17(15)21(25)28/h3-7,10,13-14,27H,8-9,11-12H2,1-2H3/t14-/m1/s1. The molecule has 0 fully saturated rings. The number of methoxy groups -OCH3 is 1. The van der Waals surface area contributed by atoms with Crippen molar-refractivity contribution < 1.29 is 19.4 Å². The van der Waals surface area contributed by atoms with Crippen LogP contribution < -0.4 is 9.64 Å². The summed E-state index contributed by atoms with van der Waals surface area (Å²) >= 11 is 0. The average Bonchev–Trinajstić information content (AvgIpc) is 3.39. The zero-order chi connectivity index (χ0) is 21.1. The number of hydrogen-bond donors (Lipinski definition) is 1. The van der Waals surface area contributed by atoms with Gasteiger partial charge in [0.1, 0.15) is 30.2 Å². The number of amides is 1. The van der Waals surface area contributed by atoms with Crippen LogP contribution in [0, 0.1) is 0 Å². The third kappa shape index (κ3) is 3.77. The molecule has 3 heterocycles. The fraction of sp³-hybridized carbons (Fsp3) is 0.333. The van der Waals surface area contributed by atoms with Crippen LogP contribution >= 0.6 is 0 Å². The van der Waals surface area contributed by atoms with E-state index in [1.54, 1.807) is 35.0 Å². The summed E-state index contributed by atoms with van der Waals surface area (Å²) in [6.45, 7) is 3.16. The van der Waals surface area contributed by atoms with Gasteiger partial charge in [-0.15, -0.1) is 10.2 Å². The van der Waals surface area contributed by atoms with Crippen molar-refractivity contribution in [1.82, 2.24) is 19.7 Å². The number of benzene rings is 1. The molecule has 0 unspecified atom stereocenters. The SMILES string of the molecule is COCCOc1ccc2c(c1)C(=O)N(c1cccc(-c3nncn3[C@H](C)CO)n1)C2. The van der Waals surface area contributed by atoms with Gasteiger partial charge in [-0.25, -0.2) is 4.98 Å². The Morgan fingerprint density at radius 2 is 2.10 bits per heavy atom. The molecule has 0 saturated carbocycles. The number of anilines is 1. The van der Waals surface area contributed by atoms with E-state index >= 15 is 0 Å². The van der Waals surface area contributed by atoms with Gasteiger partial charge < -0.3 is 19.1 Å². The zero-order valence-corrected chi connectivity index (χ0v) is 16.9. The van der Waals surface area contributed by atoms with Crippen molar-refractivity contribution in [2.24, 2.45) is 0 Å². The van der Waals surface area contributed by atoms with E-state index in [4.69, 9.17) is 9.47 Å². The molecule has 4 rings (SSSR count). The highest BCUT2D eigenvalue weighted by molar-refractivity contribution is 6.09. The van der Waals surface area contributed by atoms with Gasteiger partial charge in [0.05, 0.1) is 25.8 Å². The highest BCUT2D eigenvalue weighted by Gasteiger charge is 2.30. The summed E-state index contributed by atoms with van der Waals surface area (Å²) in [5.74, 6) is 1.57. The van der Waals surface area contributed by atoms with Crippen LogP contribution in [0.1, 0.15) is 28.9 Å². The fourth-order valence-corrected chi connectivity index (χ4v) is 3.33. The largest absolute Gasteiger partial charge is 0.491 e. The van der Waals surface area contributed by atoms with E-state index in [2.05, 4.69) is 15.2 Å². The Labute approximate surface area is 173 Å². The Bertz CT molecular complexity index is 1050. The van der Waals surface area contributed by atoms with Gasteiger partial charge in [-0.2, -0.15) is 0 Å². The highest BCUT2D eigenvalue weighted by Crippen LogP contribution is 2.31. The number of fused-ring (bicyclic) bond motifs is 1. The van der Waals surface area contributed by atoms with Gasteiger partial charge in [0.25, 0.3) is 5.91 Å². The molecule has 9 heteroatoms. The number of aliphatic hydroxyl groups is 1. The van der Waals surface area contributed by atoms with Gasteiger partial charge in [-0.05, 0) is 36.8 Å². The van der Waals surface area contributed by atoms with Gasteiger partial charge in [-0.1, -0.05) is 12.1 Å². The Balaban J connectivity index is 1.59. The summed E-state index contributed by atoms with van der Waals surface area (Å²) in [5.41, 5.74) is 2.11. The molecule has 156 valence electrons. The molecule has 1 aromatic carbocycles. The molecule has 30 heavy (non-hydrogen) atoms. The lowest BCUT2D eigenvalue weighted by molar-refractivity contribution is 0.0995. The maximum absolute atomic E-state index is 13.0. The van der Waals surface area contributed by atoms with E-state index < -0.39 is 0 Å². The number of ether oxygens (including phenoxy) is 2. The molecule has 0 aliphatic carbocycles. The van der Waals surface area contributed by atoms with Crippen LogP contribution in [0.5, 0.6) is 5.75 Å². The summed E-state index contributed by atoms with van der Waals surface area (Å²) in [4.78, 5) is 19.3. The second kappa shape index (κ2) is 8.60. The number of pyridine rings is 1. The van der Waals surface area contributed by atoms with Gasteiger partial charge in [-0.3, -0.25) is 9.69 Å². The van der Waals surface area contributed by atoms with Gasteiger partial charge in [0.2, 0.25) is 0 Å². The normalized spacial score (nSPS) is 14.1. The van der Waals surface area contributed by atoms with Gasteiger partial charge in [0, 0.05) is 12.7 Å². The van der Waals surface area contributed by atoms with Crippen molar-refractivity contribution in [3.8, 4) is 17.3 Å². The summed E-state index contributed by atoms with van der Waals surface area (Å²) in [6, 6.07) is 10.8. The number of carbonyl (C=O) groups excluding carboxylic acids is 1. The lowest BCUT2D eigenvalue weighted by Crippen LogP contribution is -2.24. The number of hydrogen-bond acceptors (Lipinski definition) is 7. The monoisotopic (exact) mass is 409 g/mol. The van der Waals surface area contributed by atoms with Crippen molar-refractivity contribution in [2.75, 3.05) is 31.8 Å². The predicted molar refractivity (Wildman–Crippen MR) is 109 cm³/mol. The first-order chi connectivity index (χ1) is 14.6. The number of aromatic nitrogens is 4.